The third kappa shape index (κ3) is 5.48. The van der Waals surface area contributed by atoms with Crippen LogP contribution in [0.2, 0.25) is 0 Å². The lowest BCUT2D eigenvalue weighted by atomic mass is 9.74. The van der Waals surface area contributed by atoms with Gasteiger partial charge in [0.2, 0.25) is 0 Å². The number of amides is 2. The van der Waals surface area contributed by atoms with Gasteiger partial charge < -0.3 is 14.7 Å². The number of rotatable bonds is 4. The SMILES string of the molecule is CC1(C)CC2(CCCN(C3CCN(C(=O)c4cc(-c5ccccn5)sc4N(C(=O)O)C(C)(C)C)CC3)C2)C(=O)O1. The van der Waals surface area contributed by atoms with Crippen molar-refractivity contribution in [2.75, 3.05) is 31.1 Å². The summed E-state index contributed by atoms with van der Waals surface area (Å²) in [5.74, 6) is -0.219. The van der Waals surface area contributed by atoms with Crippen LogP contribution in [0.1, 0.15) is 77.1 Å². The summed E-state index contributed by atoms with van der Waals surface area (Å²) in [5.41, 5.74) is -0.470. The fraction of sp³-hybridized carbons (Fsp3) is 0.600. The number of carboxylic acid groups (broad SMARTS) is 1. The van der Waals surface area contributed by atoms with Crippen molar-refractivity contribution in [1.29, 1.82) is 0 Å². The van der Waals surface area contributed by atoms with Gasteiger partial charge in [0, 0.05) is 43.8 Å². The third-order valence-corrected chi connectivity index (χ3v) is 9.51. The molecule has 3 saturated heterocycles. The van der Waals surface area contributed by atoms with E-state index in [2.05, 4.69) is 9.88 Å². The van der Waals surface area contributed by atoms with E-state index in [4.69, 9.17) is 4.74 Å². The van der Waals surface area contributed by atoms with E-state index in [1.807, 2.05) is 57.7 Å². The molecule has 1 N–H and O–H groups in total. The number of hydrogen-bond acceptors (Lipinski definition) is 7. The zero-order valence-corrected chi connectivity index (χ0v) is 24.9. The molecule has 1 unspecified atom stereocenters. The topological polar surface area (TPSA) is 103 Å². The van der Waals surface area contributed by atoms with Crippen molar-refractivity contribution >= 4 is 34.3 Å². The first-order valence-corrected chi connectivity index (χ1v) is 15.0. The van der Waals surface area contributed by atoms with E-state index >= 15 is 0 Å². The molecule has 0 aliphatic carbocycles. The van der Waals surface area contributed by atoms with Crippen molar-refractivity contribution in [3.05, 3.63) is 36.0 Å². The maximum Gasteiger partial charge on any atom is 0.412 e. The molecule has 0 radical (unpaired) electrons. The molecule has 9 nitrogen and oxygen atoms in total. The summed E-state index contributed by atoms with van der Waals surface area (Å²) in [7, 11) is 0. The largest absolute Gasteiger partial charge is 0.465 e. The van der Waals surface area contributed by atoms with E-state index < -0.39 is 22.6 Å². The van der Waals surface area contributed by atoms with Crippen molar-refractivity contribution in [2.24, 2.45) is 5.41 Å². The first-order valence-electron chi connectivity index (χ1n) is 14.1. The van der Waals surface area contributed by atoms with Crippen LogP contribution in [0.15, 0.2) is 30.5 Å². The van der Waals surface area contributed by atoms with Crippen LogP contribution in [-0.2, 0) is 9.53 Å². The molecule has 40 heavy (non-hydrogen) atoms. The van der Waals surface area contributed by atoms with E-state index in [-0.39, 0.29) is 11.9 Å². The second-order valence-electron chi connectivity index (χ2n) is 13.0. The second kappa shape index (κ2) is 10.4. The highest BCUT2D eigenvalue weighted by molar-refractivity contribution is 7.20. The van der Waals surface area contributed by atoms with Crippen LogP contribution in [0.5, 0.6) is 0 Å². The number of pyridine rings is 1. The minimum absolute atomic E-state index is 0.0645. The zero-order valence-electron chi connectivity index (χ0n) is 24.1. The Balaban J connectivity index is 1.34. The van der Waals surface area contributed by atoms with E-state index in [1.54, 1.807) is 12.3 Å². The van der Waals surface area contributed by atoms with E-state index in [0.717, 1.165) is 50.1 Å². The maximum atomic E-state index is 13.9. The molecule has 10 heteroatoms. The summed E-state index contributed by atoms with van der Waals surface area (Å²) in [6, 6.07) is 7.66. The van der Waals surface area contributed by atoms with E-state index in [1.165, 1.54) is 16.2 Å². The number of hydrogen-bond donors (Lipinski definition) is 1. The first kappa shape index (κ1) is 28.5. The van der Waals surface area contributed by atoms with Crippen LogP contribution in [0.4, 0.5) is 9.80 Å². The molecular formula is C30H40N4O5S. The predicted octanol–water partition coefficient (Wildman–Crippen LogP) is 5.51. The number of nitrogens with zero attached hydrogens (tertiary/aromatic N) is 4. The molecule has 2 aromatic heterocycles. The van der Waals surface area contributed by atoms with Crippen LogP contribution in [-0.4, -0.2) is 81.2 Å². The van der Waals surface area contributed by atoms with Crippen LogP contribution in [0.3, 0.4) is 0 Å². The van der Waals surface area contributed by atoms with Crippen LogP contribution in [0.25, 0.3) is 10.6 Å². The number of carbonyl (C=O) groups is 3. The number of aromatic nitrogens is 1. The molecular weight excluding hydrogens is 528 g/mol. The van der Waals surface area contributed by atoms with Gasteiger partial charge in [-0.15, -0.1) is 11.3 Å². The Morgan fingerprint density at radius 3 is 2.48 bits per heavy atom. The number of carbonyl (C=O) groups excluding carboxylic acids is 2. The monoisotopic (exact) mass is 568 g/mol. The molecule has 1 spiro atoms. The quantitative estimate of drug-likeness (QED) is 0.486. The first-order chi connectivity index (χ1) is 18.8. The fourth-order valence-electron chi connectivity index (χ4n) is 6.69. The van der Waals surface area contributed by atoms with Gasteiger partial charge in [-0.2, -0.15) is 0 Å². The van der Waals surface area contributed by atoms with Gasteiger partial charge in [0.15, 0.2) is 0 Å². The van der Waals surface area contributed by atoms with Crippen molar-refractivity contribution < 1.29 is 24.2 Å². The Labute approximate surface area is 240 Å². The lowest BCUT2D eigenvalue weighted by Crippen LogP contribution is -2.53. The molecule has 3 fully saturated rings. The minimum Gasteiger partial charge on any atom is -0.465 e. The summed E-state index contributed by atoms with van der Waals surface area (Å²) in [4.78, 5) is 49.9. The Kier molecular flexibility index (Phi) is 7.46. The number of cyclic esters (lactones) is 1. The molecule has 1 atom stereocenters. The summed E-state index contributed by atoms with van der Waals surface area (Å²) in [6.45, 7) is 12.3. The summed E-state index contributed by atoms with van der Waals surface area (Å²) < 4.78 is 5.71. The van der Waals surface area contributed by atoms with Gasteiger partial charge in [0.1, 0.15) is 10.6 Å². The summed E-state index contributed by atoms with van der Waals surface area (Å²) >= 11 is 1.29. The van der Waals surface area contributed by atoms with E-state index in [9.17, 15) is 19.5 Å². The zero-order chi connectivity index (χ0) is 28.9. The minimum atomic E-state index is -1.10. The molecule has 5 heterocycles. The highest BCUT2D eigenvalue weighted by Crippen LogP contribution is 2.47. The molecule has 2 amide bonds. The molecule has 3 aliphatic heterocycles. The Morgan fingerprint density at radius 1 is 1.18 bits per heavy atom. The summed E-state index contributed by atoms with van der Waals surface area (Å²) in [5, 5.41) is 10.6. The second-order valence-corrected chi connectivity index (χ2v) is 14.1. The number of likely N-dealkylation sites (tertiary alicyclic amines) is 2. The number of anilines is 1. The van der Waals surface area contributed by atoms with E-state index in [0.29, 0.717) is 35.4 Å². The van der Waals surface area contributed by atoms with Gasteiger partial charge in [-0.3, -0.25) is 24.4 Å². The molecule has 0 aromatic carbocycles. The van der Waals surface area contributed by atoms with Crippen molar-refractivity contribution in [3.63, 3.8) is 0 Å². The van der Waals surface area contributed by atoms with Crippen molar-refractivity contribution in [2.45, 2.75) is 83.9 Å². The average Bonchev–Trinajstić information content (AvgIpc) is 3.40. The standard InChI is InChI=1S/C30H40N4O5S/c1-28(2,3)34(27(37)38)25-21(17-23(40-25)22-9-6-7-13-31-22)24(35)32-15-10-20(11-16-32)33-14-8-12-30(19-33)18-29(4,5)39-26(30)36/h6-7,9,13,17,20H,8,10-12,14-16,18-19H2,1-5H3,(H,37,38). The molecule has 5 rings (SSSR count). The Morgan fingerprint density at radius 2 is 1.90 bits per heavy atom. The van der Waals surface area contributed by atoms with Gasteiger partial charge >= 0.3 is 12.1 Å². The maximum absolute atomic E-state index is 13.9. The number of thiophene rings is 1. The molecule has 3 aliphatic rings. The van der Waals surface area contributed by atoms with Crippen molar-refractivity contribution in [1.82, 2.24) is 14.8 Å². The average molecular weight is 569 g/mol. The smallest absolute Gasteiger partial charge is 0.412 e. The molecule has 2 aromatic rings. The molecule has 0 bridgehead atoms. The van der Waals surface area contributed by atoms with Crippen LogP contribution < -0.4 is 4.90 Å². The Bertz CT molecular complexity index is 1280. The van der Waals surface area contributed by atoms with Gasteiger partial charge in [-0.05, 0) is 85.0 Å². The highest BCUT2D eigenvalue weighted by Gasteiger charge is 2.54. The lowest BCUT2D eigenvalue weighted by Gasteiger charge is -2.45. The summed E-state index contributed by atoms with van der Waals surface area (Å²) in [6.07, 6.45) is 4.82. The van der Waals surface area contributed by atoms with Gasteiger partial charge in [0.25, 0.3) is 5.91 Å². The number of esters is 1. The van der Waals surface area contributed by atoms with Gasteiger partial charge in [-0.1, -0.05) is 6.07 Å². The van der Waals surface area contributed by atoms with Gasteiger partial charge in [0.05, 0.1) is 21.5 Å². The highest BCUT2D eigenvalue weighted by atomic mass is 32.1. The fourth-order valence-corrected chi connectivity index (χ4v) is 8.00. The van der Waals surface area contributed by atoms with Crippen LogP contribution >= 0.6 is 11.3 Å². The third-order valence-electron chi connectivity index (χ3n) is 8.37. The molecule has 216 valence electrons. The van der Waals surface area contributed by atoms with Gasteiger partial charge in [-0.25, -0.2) is 4.79 Å². The van der Waals surface area contributed by atoms with Crippen molar-refractivity contribution in [3.8, 4) is 10.6 Å². The lowest BCUT2D eigenvalue weighted by molar-refractivity contribution is -0.154. The number of ether oxygens (including phenoxy) is 1. The van der Waals surface area contributed by atoms with Crippen LogP contribution in [0, 0.1) is 5.41 Å². The Hall–Kier alpha value is -2.98. The predicted molar refractivity (Wildman–Crippen MR) is 155 cm³/mol. The molecule has 0 saturated carbocycles. The number of piperidine rings is 2. The normalized spacial score (nSPS) is 23.8.